The second-order valence-corrected chi connectivity index (χ2v) is 12.7. The largest absolute Gasteiger partial charge is 0.396 e. The summed E-state index contributed by atoms with van der Waals surface area (Å²) in [6.45, 7) is 8.26. The van der Waals surface area contributed by atoms with E-state index in [-0.39, 0.29) is 30.8 Å². The molecule has 1 fully saturated rings. The maximum absolute atomic E-state index is 13.4. The molecule has 0 spiro atoms. The summed E-state index contributed by atoms with van der Waals surface area (Å²) in [4.78, 5) is 30.3. The summed E-state index contributed by atoms with van der Waals surface area (Å²) in [5, 5.41) is 12.0. The molecule has 1 rings (SSSR count). The zero-order valence-corrected chi connectivity index (χ0v) is 29.9. The van der Waals surface area contributed by atoms with E-state index in [0.29, 0.717) is 45.8 Å². The first-order chi connectivity index (χ1) is 22.4. The highest BCUT2D eigenvalue weighted by Crippen LogP contribution is 2.23. The molecule has 0 aromatic heterocycles. The number of aliphatic hydroxyl groups excluding tert-OH is 1. The zero-order valence-electron chi connectivity index (χ0n) is 29.9. The molecule has 0 aliphatic carbocycles. The number of nitrogens with zero attached hydrogens (tertiary/aromatic N) is 2. The van der Waals surface area contributed by atoms with Crippen LogP contribution in [0.2, 0.25) is 0 Å². The molecule has 0 unspecified atom stereocenters. The molecule has 2 atom stereocenters. The van der Waals surface area contributed by atoms with E-state index in [9.17, 15) is 9.59 Å². The molecule has 9 nitrogen and oxygen atoms in total. The van der Waals surface area contributed by atoms with Crippen molar-refractivity contribution in [2.24, 2.45) is 0 Å². The summed E-state index contributed by atoms with van der Waals surface area (Å²) in [5.74, 6) is -0.0815. The minimum atomic E-state index is -0.493. The Labute approximate surface area is 281 Å². The van der Waals surface area contributed by atoms with Crippen LogP contribution in [0.5, 0.6) is 0 Å². The Morgan fingerprint density at radius 3 is 2.09 bits per heavy atom. The van der Waals surface area contributed by atoms with Crippen LogP contribution in [-0.2, 0) is 23.8 Å². The number of aliphatic hydroxyl groups is 1. The van der Waals surface area contributed by atoms with Crippen LogP contribution in [0.15, 0.2) is 24.3 Å². The summed E-state index contributed by atoms with van der Waals surface area (Å²) in [5.41, 5.74) is 0. The number of allylic oxidation sites excluding steroid dienone is 4. The minimum Gasteiger partial charge on any atom is -0.396 e. The van der Waals surface area contributed by atoms with Crippen LogP contribution in [0.25, 0.3) is 0 Å². The van der Waals surface area contributed by atoms with Gasteiger partial charge in [0, 0.05) is 58.9 Å². The molecule has 0 saturated carbocycles. The van der Waals surface area contributed by atoms with Crippen LogP contribution in [0.4, 0.5) is 0 Å². The van der Waals surface area contributed by atoms with Crippen molar-refractivity contribution in [3.05, 3.63) is 24.3 Å². The topological polar surface area (TPSA) is 101 Å². The molecule has 2 N–H and O–H groups in total. The van der Waals surface area contributed by atoms with Crippen molar-refractivity contribution in [1.82, 2.24) is 15.1 Å². The molecular weight excluding hydrogens is 582 g/mol. The van der Waals surface area contributed by atoms with Gasteiger partial charge < -0.3 is 34.4 Å². The Bertz CT molecular complexity index is 782. The molecule has 9 heteroatoms. The van der Waals surface area contributed by atoms with Gasteiger partial charge in [-0.1, -0.05) is 51.0 Å². The predicted octanol–water partition coefficient (Wildman–Crippen LogP) is 6.40. The highest BCUT2D eigenvalue weighted by molar-refractivity contribution is 5.88. The molecule has 46 heavy (non-hydrogen) atoms. The first-order valence-electron chi connectivity index (χ1n) is 18.4. The minimum absolute atomic E-state index is 0.0143. The van der Waals surface area contributed by atoms with E-state index >= 15 is 0 Å². The lowest BCUT2D eigenvalue weighted by Gasteiger charge is -2.24. The molecule has 1 saturated heterocycles. The molecule has 0 aromatic rings. The summed E-state index contributed by atoms with van der Waals surface area (Å²) in [7, 11) is 3.95. The van der Waals surface area contributed by atoms with E-state index in [1.165, 1.54) is 0 Å². The van der Waals surface area contributed by atoms with E-state index in [1.807, 2.05) is 19.0 Å². The SMILES string of the molecule is CC/C=C\CCCCOC(CCCCC(=O)N1C[C@@H](OCCCCCCO)C[C@H]1C(=O)NCCN(C)C)OCCCC/C=C\CC. The van der Waals surface area contributed by atoms with E-state index in [2.05, 4.69) is 43.5 Å². The standard InChI is InChI=1S/C37H69N3O6/c1-5-7-9-11-14-21-29-45-36(46-30-22-15-12-10-8-6-2)24-18-17-23-35(42)40-32-33(44-28-20-16-13-19-27-41)31-34(40)37(43)38-25-26-39(3)4/h7-10,33-34,36,41H,5-6,11-32H2,1-4H3,(H,38,43)/b9-7-,10-8-/t33-,34-/m0/s1. The summed E-state index contributed by atoms with van der Waals surface area (Å²) in [6.07, 6.45) is 24.0. The maximum Gasteiger partial charge on any atom is 0.242 e. The molecular formula is C37H69N3O6. The number of ether oxygens (including phenoxy) is 3. The maximum atomic E-state index is 13.4. The van der Waals surface area contributed by atoms with Crippen LogP contribution < -0.4 is 5.32 Å². The van der Waals surface area contributed by atoms with Gasteiger partial charge in [-0.15, -0.1) is 0 Å². The van der Waals surface area contributed by atoms with Crippen molar-refractivity contribution in [1.29, 1.82) is 0 Å². The van der Waals surface area contributed by atoms with Crippen molar-refractivity contribution in [2.75, 3.05) is 60.2 Å². The van der Waals surface area contributed by atoms with E-state index in [1.54, 1.807) is 4.90 Å². The third-order valence-electron chi connectivity index (χ3n) is 8.17. The fourth-order valence-electron chi connectivity index (χ4n) is 5.45. The fourth-order valence-corrected chi connectivity index (χ4v) is 5.45. The number of rotatable bonds is 30. The van der Waals surface area contributed by atoms with Gasteiger partial charge in [0.15, 0.2) is 6.29 Å². The summed E-state index contributed by atoms with van der Waals surface area (Å²) < 4.78 is 18.4. The zero-order chi connectivity index (χ0) is 33.7. The van der Waals surface area contributed by atoms with Gasteiger partial charge in [0.25, 0.3) is 0 Å². The number of likely N-dealkylation sites (N-methyl/N-ethyl adjacent to an activating group) is 1. The molecule has 1 aliphatic rings. The number of unbranched alkanes of at least 4 members (excludes halogenated alkanes) is 8. The van der Waals surface area contributed by atoms with Crippen molar-refractivity contribution in [3.8, 4) is 0 Å². The highest BCUT2D eigenvalue weighted by Gasteiger charge is 2.39. The first kappa shape index (κ1) is 42.2. The van der Waals surface area contributed by atoms with Crippen LogP contribution in [-0.4, -0.2) is 105 Å². The van der Waals surface area contributed by atoms with Gasteiger partial charge in [-0.25, -0.2) is 0 Å². The number of likely N-dealkylation sites (tertiary alicyclic amines) is 1. The quantitative estimate of drug-likeness (QED) is 0.0527. The van der Waals surface area contributed by atoms with E-state index in [4.69, 9.17) is 19.3 Å². The Morgan fingerprint density at radius 1 is 0.848 bits per heavy atom. The lowest BCUT2D eigenvalue weighted by atomic mass is 10.1. The van der Waals surface area contributed by atoms with Crippen molar-refractivity contribution in [2.45, 2.75) is 141 Å². The third-order valence-corrected chi connectivity index (χ3v) is 8.17. The van der Waals surface area contributed by atoms with Crippen molar-refractivity contribution < 1.29 is 28.9 Å². The number of nitrogens with one attached hydrogen (secondary N) is 1. The van der Waals surface area contributed by atoms with E-state index in [0.717, 1.165) is 103 Å². The Kier molecular flexibility index (Phi) is 27.0. The summed E-state index contributed by atoms with van der Waals surface area (Å²) in [6, 6.07) is -0.493. The smallest absolute Gasteiger partial charge is 0.242 e. The number of carbonyl (C=O) groups excluding carboxylic acids is 2. The second kappa shape index (κ2) is 29.4. The van der Waals surface area contributed by atoms with E-state index < -0.39 is 6.04 Å². The number of hydrogen-bond donors (Lipinski definition) is 2. The van der Waals surface area contributed by atoms with Crippen LogP contribution in [0.3, 0.4) is 0 Å². The predicted molar refractivity (Wildman–Crippen MR) is 188 cm³/mol. The van der Waals surface area contributed by atoms with Gasteiger partial charge >= 0.3 is 0 Å². The number of hydrogen-bond acceptors (Lipinski definition) is 7. The average molecular weight is 652 g/mol. The molecule has 0 radical (unpaired) electrons. The Hall–Kier alpha value is -1.78. The van der Waals surface area contributed by atoms with Crippen molar-refractivity contribution in [3.63, 3.8) is 0 Å². The van der Waals surface area contributed by atoms with Gasteiger partial charge in [0.2, 0.25) is 11.8 Å². The van der Waals surface area contributed by atoms with Crippen molar-refractivity contribution >= 4 is 11.8 Å². The molecule has 1 heterocycles. The molecule has 0 aromatic carbocycles. The van der Waals surface area contributed by atoms with Gasteiger partial charge in [0.05, 0.1) is 6.10 Å². The van der Waals surface area contributed by atoms with Gasteiger partial charge in [0.1, 0.15) is 6.04 Å². The number of carbonyl (C=O) groups is 2. The summed E-state index contributed by atoms with van der Waals surface area (Å²) >= 11 is 0. The normalized spacial score (nSPS) is 17.0. The van der Waals surface area contributed by atoms with Gasteiger partial charge in [-0.2, -0.15) is 0 Å². The van der Waals surface area contributed by atoms with Gasteiger partial charge in [-0.3, -0.25) is 9.59 Å². The Balaban J connectivity index is 2.58. The van der Waals surface area contributed by atoms with Crippen LogP contribution in [0, 0.1) is 0 Å². The molecule has 268 valence electrons. The lowest BCUT2D eigenvalue weighted by molar-refractivity contribution is -0.148. The fraction of sp³-hybridized carbons (Fsp3) is 0.838. The average Bonchev–Trinajstić information content (AvgIpc) is 3.47. The lowest BCUT2D eigenvalue weighted by Crippen LogP contribution is -2.47. The highest BCUT2D eigenvalue weighted by atomic mass is 16.7. The monoisotopic (exact) mass is 652 g/mol. The third kappa shape index (κ3) is 21.9. The van der Waals surface area contributed by atoms with Crippen LogP contribution >= 0.6 is 0 Å². The first-order valence-corrected chi connectivity index (χ1v) is 18.4. The number of amides is 2. The van der Waals surface area contributed by atoms with Crippen LogP contribution in [0.1, 0.15) is 123 Å². The molecule has 0 bridgehead atoms. The van der Waals surface area contributed by atoms with Gasteiger partial charge in [-0.05, 0) is 97.6 Å². The second-order valence-electron chi connectivity index (χ2n) is 12.7. The molecule has 1 aliphatic heterocycles. The molecule has 2 amide bonds. The Morgan fingerprint density at radius 2 is 1.48 bits per heavy atom.